The molecule has 28 heavy (non-hydrogen) atoms. The second-order valence-electron chi connectivity index (χ2n) is 7.41. The first kappa shape index (κ1) is 20.9. The second kappa shape index (κ2) is 8.24. The van der Waals surface area contributed by atoms with Crippen LogP contribution in [0.2, 0.25) is 0 Å². The van der Waals surface area contributed by atoms with Gasteiger partial charge in [-0.3, -0.25) is 4.79 Å². The molecule has 0 bridgehead atoms. The minimum atomic E-state index is -4.23. The number of nitrogens with one attached hydrogen (secondary N) is 2. The zero-order chi connectivity index (χ0) is 20.4. The highest BCUT2D eigenvalue weighted by Gasteiger charge is 2.42. The van der Waals surface area contributed by atoms with Crippen LogP contribution in [0.15, 0.2) is 35.2 Å². The average molecular weight is 416 g/mol. The fourth-order valence-corrected chi connectivity index (χ4v) is 4.59. The van der Waals surface area contributed by atoms with Crippen molar-refractivity contribution in [2.45, 2.75) is 61.7 Å². The van der Waals surface area contributed by atoms with Crippen molar-refractivity contribution < 1.29 is 26.4 Å². The predicted molar refractivity (Wildman–Crippen MR) is 98.8 cm³/mol. The van der Waals surface area contributed by atoms with E-state index in [1.165, 1.54) is 24.3 Å². The van der Waals surface area contributed by atoms with Crippen LogP contribution in [0.5, 0.6) is 0 Å². The van der Waals surface area contributed by atoms with Crippen LogP contribution in [0.1, 0.15) is 44.1 Å². The number of rotatable bonds is 6. The molecule has 2 atom stereocenters. The summed E-state index contributed by atoms with van der Waals surface area (Å²) in [4.78, 5) is 12.2. The molecule has 0 aliphatic heterocycles. The van der Waals surface area contributed by atoms with Crippen molar-refractivity contribution in [2.75, 3.05) is 0 Å². The number of carbonyl (C=O) groups excluding carboxylic acids is 1. The molecular weight excluding hydrogens is 393 g/mol. The molecule has 0 spiro atoms. The fraction of sp³-hybridized carbons (Fsp3) is 0.526. The van der Waals surface area contributed by atoms with E-state index in [-0.39, 0.29) is 23.8 Å². The number of benzene rings is 1. The molecule has 2 aliphatic carbocycles. The van der Waals surface area contributed by atoms with Crippen molar-refractivity contribution in [3.05, 3.63) is 35.9 Å². The Morgan fingerprint density at radius 2 is 1.71 bits per heavy atom. The monoisotopic (exact) mass is 416 g/mol. The maximum absolute atomic E-state index is 12.8. The minimum Gasteiger partial charge on any atom is -0.350 e. The molecule has 2 N–H and O–H groups in total. The standard InChI is InChI=1S/C19H23F3N2O3S/c20-19(21,22)14-2-1-3-16(12-14)23-18(25)11-6-13-4-9-17(10-5-13)28(26,27)24-15-7-8-15/h4-6,9-11,14-16,24H,1-3,7-8,12H2,(H,23,25)/b11-6+. The van der Waals surface area contributed by atoms with Crippen LogP contribution in [-0.2, 0) is 14.8 Å². The van der Waals surface area contributed by atoms with E-state index in [1.807, 2.05) is 0 Å². The van der Waals surface area contributed by atoms with E-state index >= 15 is 0 Å². The molecule has 0 radical (unpaired) electrons. The van der Waals surface area contributed by atoms with Crippen LogP contribution in [0.3, 0.4) is 0 Å². The third-order valence-electron chi connectivity index (χ3n) is 5.00. The molecule has 2 unspecified atom stereocenters. The van der Waals surface area contributed by atoms with Gasteiger partial charge in [0.15, 0.2) is 0 Å². The van der Waals surface area contributed by atoms with Crippen LogP contribution in [0, 0.1) is 5.92 Å². The molecule has 154 valence electrons. The first-order valence-electron chi connectivity index (χ1n) is 9.31. The SMILES string of the molecule is O=C(/C=C/c1ccc(S(=O)(=O)NC2CC2)cc1)NC1CCCC(C(F)(F)F)C1. The summed E-state index contributed by atoms with van der Waals surface area (Å²) in [7, 11) is -3.53. The molecule has 2 saturated carbocycles. The van der Waals surface area contributed by atoms with Gasteiger partial charge in [0.1, 0.15) is 0 Å². The zero-order valence-electron chi connectivity index (χ0n) is 15.2. The average Bonchev–Trinajstić information content (AvgIpc) is 3.43. The van der Waals surface area contributed by atoms with Gasteiger partial charge in [0, 0.05) is 18.2 Å². The summed E-state index contributed by atoms with van der Waals surface area (Å²) in [5.74, 6) is -1.82. The van der Waals surface area contributed by atoms with Gasteiger partial charge >= 0.3 is 6.18 Å². The molecule has 1 aromatic rings. The number of halogens is 3. The van der Waals surface area contributed by atoms with Crippen molar-refractivity contribution in [2.24, 2.45) is 5.92 Å². The molecule has 1 amide bonds. The summed E-state index contributed by atoms with van der Waals surface area (Å²) < 4.78 is 65.3. The van der Waals surface area contributed by atoms with E-state index < -0.39 is 34.1 Å². The van der Waals surface area contributed by atoms with Gasteiger partial charge in [0.2, 0.25) is 15.9 Å². The Bertz CT molecular complexity index is 831. The lowest BCUT2D eigenvalue weighted by molar-refractivity contribution is -0.184. The van der Waals surface area contributed by atoms with E-state index in [0.717, 1.165) is 12.8 Å². The molecule has 0 aromatic heterocycles. The molecule has 0 saturated heterocycles. The highest BCUT2D eigenvalue weighted by molar-refractivity contribution is 7.89. The van der Waals surface area contributed by atoms with Crippen molar-refractivity contribution in [3.8, 4) is 0 Å². The highest BCUT2D eigenvalue weighted by Crippen LogP contribution is 2.37. The lowest BCUT2D eigenvalue weighted by Crippen LogP contribution is -2.41. The summed E-state index contributed by atoms with van der Waals surface area (Å²) in [6.07, 6.45) is 1.21. The number of sulfonamides is 1. The first-order chi connectivity index (χ1) is 13.1. The predicted octanol–water partition coefficient (Wildman–Crippen LogP) is 3.38. The Hall–Kier alpha value is -1.87. The molecule has 1 aromatic carbocycles. The number of amides is 1. The van der Waals surface area contributed by atoms with Crippen LogP contribution >= 0.6 is 0 Å². The molecule has 0 heterocycles. The molecule has 2 aliphatic rings. The number of hydrogen-bond donors (Lipinski definition) is 2. The third kappa shape index (κ3) is 5.81. The van der Waals surface area contributed by atoms with Gasteiger partial charge in [0.25, 0.3) is 0 Å². The van der Waals surface area contributed by atoms with Crippen molar-refractivity contribution in [3.63, 3.8) is 0 Å². The third-order valence-corrected chi connectivity index (χ3v) is 6.54. The number of alkyl halides is 3. The van der Waals surface area contributed by atoms with Crippen molar-refractivity contribution >= 4 is 22.0 Å². The number of hydrogen-bond acceptors (Lipinski definition) is 3. The van der Waals surface area contributed by atoms with E-state index in [1.54, 1.807) is 12.1 Å². The summed E-state index contributed by atoms with van der Waals surface area (Å²) in [5.41, 5.74) is 0.623. The molecule has 5 nitrogen and oxygen atoms in total. The topological polar surface area (TPSA) is 75.3 Å². The lowest BCUT2D eigenvalue weighted by Gasteiger charge is -2.30. The van der Waals surface area contributed by atoms with Crippen LogP contribution < -0.4 is 10.0 Å². The fourth-order valence-electron chi connectivity index (χ4n) is 3.29. The van der Waals surface area contributed by atoms with E-state index in [2.05, 4.69) is 10.0 Å². The lowest BCUT2D eigenvalue weighted by atomic mass is 9.85. The molecular formula is C19H23F3N2O3S. The van der Waals surface area contributed by atoms with E-state index in [4.69, 9.17) is 0 Å². The smallest absolute Gasteiger partial charge is 0.350 e. The Balaban J connectivity index is 1.54. The first-order valence-corrected chi connectivity index (χ1v) is 10.8. The normalized spacial score (nSPS) is 23.7. The van der Waals surface area contributed by atoms with Crippen LogP contribution in [0.25, 0.3) is 6.08 Å². The van der Waals surface area contributed by atoms with E-state index in [0.29, 0.717) is 18.4 Å². The second-order valence-corrected chi connectivity index (χ2v) is 9.12. The summed E-state index contributed by atoms with van der Waals surface area (Å²) >= 11 is 0. The van der Waals surface area contributed by atoms with Gasteiger partial charge in [0.05, 0.1) is 10.8 Å². The van der Waals surface area contributed by atoms with Crippen LogP contribution in [0.4, 0.5) is 13.2 Å². The zero-order valence-corrected chi connectivity index (χ0v) is 16.0. The number of carbonyl (C=O) groups is 1. The molecule has 9 heteroatoms. The highest BCUT2D eigenvalue weighted by atomic mass is 32.2. The Labute approximate surface area is 162 Å². The van der Waals surface area contributed by atoms with E-state index in [9.17, 15) is 26.4 Å². The summed E-state index contributed by atoms with van der Waals surface area (Å²) in [6.45, 7) is 0. The Morgan fingerprint density at radius 3 is 2.32 bits per heavy atom. The van der Waals surface area contributed by atoms with Crippen molar-refractivity contribution in [1.82, 2.24) is 10.0 Å². The summed E-state index contributed by atoms with van der Waals surface area (Å²) in [6, 6.07) is 5.59. The maximum Gasteiger partial charge on any atom is 0.391 e. The molecule has 2 fully saturated rings. The Morgan fingerprint density at radius 1 is 1.04 bits per heavy atom. The van der Waals surface area contributed by atoms with Gasteiger partial charge in [-0.2, -0.15) is 13.2 Å². The quantitative estimate of drug-likeness (QED) is 0.698. The van der Waals surface area contributed by atoms with Gasteiger partial charge < -0.3 is 5.32 Å². The van der Waals surface area contributed by atoms with Crippen molar-refractivity contribution in [1.29, 1.82) is 0 Å². The maximum atomic E-state index is 12.8. The van der Waals surface area contributed by atoms with Crippen LogP contribution in [-0.4, -0.2) is 32.6 Å². The van der Waals surface area contributed by atoms with Gasteiger partial charge in [-0.05, 0) is 55.9 Å². The van der Waals surface area contributed by atoms with Gasteiger partial charge in [-0.25, -0.2) is 13.1 Å². The minimum absolute atomic E-state index is 0.0185. The Kier molecular flexibility index (Phi) is 6.14. The summed E-state index contributed by atoms with van der Waals surface area (Å²) in [5, 5.41) is 2.62. The largest absolute Gasteiger partial charge is 0.391 e. The molecule has 3 rings (SSSR count). The van der Waals surface area contributed by atoms with Gasteiger partial charge in [-0.1, -0.05) is 18.6 Å². The van der Waals surface area contributed by atoms with Gasteiger partial charge in [-0.15, -0.1) is 0 Å².